The van der Waals surface area contributed by atoms with Crippen LogP contribution in [0.2, 0.25) is 0 Å². The molecular formula is C26H26F3NO2. The second-order valence-electron chi connectivity index (χ2n) is 8.07. The molecule has 32 heavy (non-hydrogen) atoms. The average molecular weight is 441 g/mol. The van der Waals surface area contributed by atoms with E-state index in [2.05, 4.69) is 4.98 Å². The molecule has 0 saturated carbocycles. The van der Waals surface area contributed by atoms with E-state index in [9.17, 15) is 18.0 Å². The van der Waals surface area contributed by atoms with Crippen LogP contribution in [0.1, 0.15) is 44.2 Å². The number of rotatable bonds is 7. The van der Waals surface area contributed by atoms with Gasteiger partial charge in [-0.15, -0.1) is 0 Å². The van der Waals surface area contributed by atoms with Gasteiger partial charge in [-0.3, -0.25) is 9.78 Å². The van der Waals surface area contributed by atoms with Crippen LogP contribution >= 0.6 is 0 Å². The standard InChI is InChI=1S/C26H26F3NO2/c1-4-32-25(31)23(13-17(2)3)20-14-19(15-21(16-20)24-7-5-6-12-30-24)18-8-10-22(11-9-18)26(27,28)29/h5-12,14-17,23H,4,13H2,1-3H3. The van der Waals surface area contributed by atoms with Gasteiger partial charge >= 0.3 is 12.1 Å². The van der Waals surface area contributed by atoms with Crippen molar-refractivity contribution in [1.82, 2.24) is 4.98 Å². The van der Waals surface area contributed by atoms with Crippen LogP contribution in [0.25, 0.3) is 22.4 Å². The molecule has 0 amide bonds. The third-order valence-corrected chi connectivity index (χ3v) is 5.14. The van der Waals surface area contributed by atoms with E-state index in [4.69, 9.17) is 4.74 Å². The van der Waals surface area contributed by atoms with Crippen molar-refractivity contribution in [3.8, 4) is 22.4 Å². The molecule has 1 atom stereocenters. The Bertz CT molecular complexity index is 1040. The Labute approximate surface area is 186 Å². The number of hydrogen-bond acceptors (Lipinski definition) is 3. The zero-order chi connectivity index (χ0) is 23.3. The van der Waals surface area contributed by atoms with Gasteiger partial charge in [0.1, 0.15) is 0 Å². The van der Waals surface area contributed by atoms with Gasteiger partial charge in [0.05, 0.1) is 23.8 Å². The SMILES string of the molecule is CCOC(=O)C(CC(C)C)c1cc(-c2ccc(C(F)(F)F)cc2)cc(-c2ccccn2)c1. The molecule has 2 aromatic carbocycles. The number of benzene rings is 2. The number of pyridine rings is 1. The number of hydrogen-bond donors (Lipinski definition) is 0. The Morgan fingerprint density at radius 2 is 1.66 bits per heavy atom. The Hall–Kier alpha value is -3.15. The summed E-state index contributed by atoms with van der Waals surface area (Å²) >= 11 is 0. The second kappa shape index (κ2) is 9.98. The third-order valence-electron chi connectivity index (χ3n) is 5.14. The lowest BCUT2D eigenvalue weighted by atomic mass is 9.86. The van der Waals surface area contributed by atoms with Gasteiger partial charge in [-0.05, 0) is 72.4 Å². The number of carbonyl (C=O) groups is 1. The highest BCUT2D eigenvalue weighted by atomic mass is 19.4. The monoisotopic (exact) mass is 441 g/mol. The van der Waals surface area contributed by atoms with Crippen LogP contribution < -0.4 is 0 Å². The van der Waals surface area contributed by atoms with Crippen LogP contribution in [-0.2, 0) is 15.7 Å². The van der Waals surface area contributed by atoms with Crippen LogP contribution in [0.4, 0.5) is 13.2 Å². The molecule has 3 aromatic rings. The normalized spacial score (nSPS) is 12.6. The molecule has 168 valence electrons. The Morgan fingerprint density at radius 3 is 2.22 bits per heavy atom. The first kappa shape index (κ1) is 23.5. The van der Waals surface area contributed by atoms with Gasteiger partial charge in [0.2, 0.25) is 0 Å². The Morgan fingerprint density at radius 1 is 0.969 bits per heavy atom. The van der Waals surface area contributed by atoms with Crippen molar-refractivity contribution < 1.29 is 22.7 Å². The first-order valence-corrected chi connectivity index (χ1v) is 10.6. The van der Waals surface area contributed by atoms with Gasteiger partial charge in [0.25, 0.3) is 0 Å². The maximum Gasteiger partial charge on any atom is 0.416 e. The number of nitrogens with zero attached hydrogens (tertiary/aromatic N) is 1. The molecule has 0 spiro atoms. The maximum absolute atomic E-state index is 13.0. The fourth-order valence-electron chi connectivity index (χ4n) is 3.64. The molecule has 0 saturated heterocycles. The van der Waals surface area contributed by atoms with E-state index in [1.165, 1.54) is 12.1 Å². The number of carbonyl (C=O) groups excluding carboxylic acids is 1. The second-order valence-corrected chi connectivity index (χ2v) is 8.07. The molecule has 0 aliphatic heterocycles. The smallest absolute Gasteiger partial charge is 0.416 e. The molecule has 1 unspecified atom stereocenters. The number of aromatic nitrogens is 1. The van der Waals surface area contributed by atoms with Crippen molar-refractivity contribution in [3.05, 3.63) is 78.0 Å². The van der Waals surface area contributed by atoms with E-state index in [0.29, 0.717) is 12.0 Å². The highest BCUT2D eigenvalue weighted by Gasteiger charge is 2.30. The molecule has 6 heteroatoms. The minimum Gasteiger partial charge on any atom is -0.466 e. The molecule has 3 nitrogen and oxygen atoms in total. The zero-order valence-corrected chi connectivity index (χ0v) is 18.3. The van der Waals surface area contributed by atoms with E-state index >= 15 is 0 Å². The topological polar surface area (TPSA) is 39.2 Å². The van der Waals surface area contributed by atoms with E-state index < -0.39 is 17.7 Å². The quantitative estimate of drug-likeness (QED) is 0.366. The summed E-state index contributed by atoms with van der Waals surface area (Å²) in [5, 5.41) is 0. The molecule has 0 aliphatic rings. The van der Waals surface area contributed by atoms with Gasteiger partial charge in [-0.25, -0.2) is 0 Å². The lowest BCUT2D eigenvalue weighted by Gasteiger charge is -2.20. The van der Waals surface area contributed by atoms with Gasteiger partial charge in [0, 0.05) is 11.8 Å². The zero-order valence-electron chi connectivity index (χ0n) is 18.3. The minimum atomic E-state index is -4.40. The summed E-state index contributed by atoms with van der Waals surface area (Å²) in [7, 11) is 0. The first-order chi connectivity index (χ1) is 15.2. The van der Waals surface area contributed by atoms with Gasteiger partial charge in [-0.1, -0.05) is 38.1 Å². The molecule has 0 aliphatic carbocycles. The van der Waals surface area contributed by atoms with Crippen LogP contribution in [-0.4, -0.2) is 17.6 Å². The van der Waals surface area contributed by atoms with Crippen molar-refractivity contribution in [2.75, 3.05) is 6.61 Å². The molecule has 3 rings (SSSR count). The molecule has 1 heterocycles. The van der Waals surface area contributed by atoms with E-state index in [1.807, 2.05) is 50.2 Å². The van der Waals surface area contributed by atoms with E-state index in [1.54, 1.807) is 13.1 Å². The lowest BCUT2D eigenvalue weighted by Crippen LogP contribution is -2.18. The van der Waals surface area contributed by atoms with Crippen molar-refractivity contribution in [3.63, 3.8) is 0 Å². The van der Waals surface area contributed by atoms with E-state index in [-0.39, 0.29) is 18.5 Å². The molecule has 0 bridgehead atoms. The van der Waals surface area contributed by atoms with Crippen molar-refractivity contribution in [2.45, 2.75) is 39.3 Å². The maximum atomic E-state index is 13.0. The van der Waals surface area contributed by atoms with Crippen molar-refractivity contribution in [1.29, 1.82) is 0 Å². The number of esters is 1. The van der Waals surface area contributed by atoms with Crippen LogP contribution in [0, 0.1) is 5.92 Å². The summed E-state index contributed by atoms with van der Waals surface area (Å²) in [6, 6.07) is 16.2. The highest BCUT2D eigenvalue weighted by molar-refractivity contribution is 5.81. The largest absolute Gasteiger partial charge is 0.466 e. The van der Waals surface area contributed by atoms with Gasteiger partial charge < -0.3 is 4.74 Å². The molecule has 1 aromatic heterocycles. The molecule has 0 fully saturated rings. The molecule has 0 N–H and O–H groups in total. The van der Waals surface area contributed by atoms with Gasteiger partial charge in [0.15, 0.2) is 0 Å². The lowest BCUT2D eigenvalue weighted by molar-refractivity contribution is -0.145. The average Bonchev–Trinajstić information content (AvgIpc) is 2.77. The molecule has 0 radical (unpaired) electrons. The number of halogens is 3. The minimum absolute atomic E-state index is 0.248. The highest BCUT2D eigenvalue weighted by Crippen LogP contribution is 2.35. The third kappa shape index (κ3) is 5.75. The summed E-state index contributed by atoms with van der Waals surface area (Å²) < 4.78 is 44.3. The Balaban J connectivity index is 2.14. The predicted molar refractivity (Wildman–Crippen MR) is 119 cm³/mol. The van der Waals surface area contributed by atoms with E-state index in [0.717, 1.165) is 34.5 Å². The summed E-state index contributed by atoms with van der Waals surface area (Å²) in [5.74, 6) is -0.540. The first-order valence-electron chi connectivity index (χ1n) is 10.6. The summed E-state index contributed by atoms with van der Waals surface area (Å²) in [4.78, 5) is 17.2. The van der Waals surface area contributed by atoms with Crippen LogP contribution in [0.5, 0.6) is 0 Å². The van der Waals surface area contributed by atoms with Crippen LogP contribution in [0.3, 0.4) is 0 Å². The summed E-state index contributed by atoms with van der Waals surface area (Å²) in [5.41, 5.74) is 2.91. The summed E-state index contributed by atoms with van der Waals surface area (Å²) in [6.45, 7) is 6.11. The van der Waals surface area contributed by atoms with Crippen molar-refractivity contribution in [2.24, 2.45) is 5.92 Å². The predicted octanol–water partition coefficient (Wildman–Crippen LogP) is 7.13. The fourth-order valence-corrected chi connectivity index (χ4v) is 3.64. The van der Waals surface area contributed by atoms with Crippen molar-refractivity contribution >= 4 is 5.97 Å². The van der Waals surface area contributed by atoms with Gasteiger partial charge in [-0.2, -0.15) is 13.2 Å². The Kier molecular flexibility index (Phi) is 7.33. The number of ether oxygens (including phenoxy) is 1. The molecular weight excluding hydrogens is 415 g/mol. The van der Waals surface area contributed by atoms with Crippen LogP contribution in [0.15, 0.2) is 66.9 Å². The summed E-state index contributed by atoms with van der Waals surface area (Å²) in [6.07, 6.45) is -2.13. The fraction of sp³-hybridized carbons (Fsp3) is 0.308. The number of alkyl halides is 3.